The number of aryl methyl sites for hydroxylation is 2. The van der Waals surface area contributed by atoms with Gasteiger partial charge in [0, 0.05) is 21.3 Å². The Morgan fingerprint density at radius 1 is 0.968 bits per heavy atom. The van der Waals surface area contributed by atoms with E-state index in [-0.39, 0.29) is 11.8 Å². The van der Waals surface area contributed by atoms with Crippen LogP contribution in [0.4, 0.5) is 11.4 Å². The topological polar surface area (TPSA) is 58.2 Å². The predicted molar refractivity (Wildman–Crippen MR) is 131 cm³/mol. The van der Waals surface area contributed by atoms with E-state index in [0.29, 0.717) is 27.0 Å². The second-order valence-corrected chi connectivity index (χ2v) is 8.79. The summed E-state index contributed by atoms with van der Waals surface area (Å²) in [4.78, 5) is 25.8. The maximum Gasteiger partial charge on any atom is 0.257 e. The SMILES string of the molecule is CCc1cccc(C)c1NC(=O)CSc1ccc(NC(=O)c2ccc(Cl)cc2Cl)cc1. The number of hydrogen-bond acceptors (Lipinski definition) is 3. The number of nitrogens with one attached hydrogen (secondary N) is 2. The number of para-hydroxylation sites is 1. The molecule has 0 saturated carbocycles. The van der Waals surface area contributed by atoms with Crippen LogP contribution in [-0.4, -0.2) is 17.6 Å². The molecule has 0 aliphatic carbocycles. The highest BCUT2D eigenvalue weighted by Crippen LogP contribution is 2.25. The number of hydrogen-bond donors (Lipinski definition) is 2. The zero-order valence-corrected chi connectivity index (χ0v) is 19.5. The molecule has 31 heavy (non-hydrogen) atoms. The molecule has 3 aromatic rings. The maximum absolute atomic E-state index is 12.4. The number of carbonyl (C=O) groups excluding carboxylic acids is 2. The van der Waals surface area contributed by atoms with Gasteiger partial charge in [0.15, 0.2) is 0 Å². The molecule has 4 nitrogen and oxygen atoms in total. The fourth-order valence-corrected chi connectivity index (χ4v) is 4.23. The predicted octanol–water partition coefficient (Wildman–Crippen LogP) is 6.85. The molecule has 2 N–H and O–H groups in total. The number of thioether (sulfide) groups is 1. The van der Waals surface area contributed by atoms with Crippen molar-refractivity contribution in [2.45, 2.75) is 25.2 Å². The Bertz CT molecular complexity index is 1100. The summed E-state index contributed by atoms with van der Waals surface area (Å²) in [6.45, 7) is 4.06. The third-order valence-electron chi connectivity index (χ3n) is 4.66. The van der Waals surface area contributed by atoms with Crippen molar-refractivity contribution in [1.29, 1.82) is 0 Å². The summed E-state index contributed by atoms with van der Waals surface area (Å²) in [5.41, 5.74) is 4.06. The molecule has 0 saturated heterocycles. The molecule has 0 aliphatic rings. The van der Waals surface area contributed by atoms with Crippen molar-refractivity contribution in [3.05, 3.63) is 87.4 Å². The average Bonchev–Trinajstić information content (AvgIpc) is 2.74. The summed E-state index contributed by atoms with van der Waals surface area (Å²) in [6, 6.07) is 18.1. The molecule has 0 atom stereocenters. The molecule has 0 unspecified atom stereocenters. The fraction of sp³-hybridized carbons (Fsp3) is 0.167. The third kappa shape index (κ3) is 6.26. The van der Waals surface area contributed by atoms with Gasteiger partial charge in [0.1, 0.15) is 0 Å². The van der Waals surface area contributed by atoms with Crippen LogP contribution in [0.25, 0.3) is 0 Å². The lowest BCUT2D eigenvalue weighted by atomic mass is 10.1. The van der Waals surface area contributed by atoms with Crippen LogP contribution >= 0.6 is 35.0 Å². The first-order chi connectivity index (χ1) is 14.9. The first kappa shape index (κ1) is 23.2. The Hall–Kier alpha value is -2.47. The molecule has 7 heteroatoms. The second kappa shape index (κ2) is 10.7. The highest BCUT2D eigenvalue weighted by Gasteiger charge is 2.12. The van der Waals surface area contributed by atoms with Crippen molar-refractivity contribution < 1.29 is 9.59 Å². The fourth-order valence-electron chi connectivity index (χ4n) is 3.03. The lowest BCUT2D eigenvalue weighted by Crippen LogP contribution is -2.16. The molecule has 0 aliphatic heterocycles. The minimum absolute atomic E-state index is 0.0521. The van der Waals surface area contributed by atoms with Crippen molar-refractivity contribution in [2.24, 2.45) is 0 Å². The highest BCUT2D eigenvalue weighted by molar-refractivity contribution is 8.00. The molecule has 0 heterocycles. The van der Waals surface area contributed by atoms with E-state index >= 15 is 0 Å². The quantitative estimate of drug-likeness (QED) is 0.369. The van der Waals surface area contributed by atoms with Crippen LogP contribution < -0.4 is 10.6 Å². The van der Waals surface area contributed by atoms with E-state index in [9.17, 15) is 9.59 Å². The molecule has 2 amide bonds. The molecule has 0 fully saturated rings. The van der Waals surface area contributed by atoms with Crippen LogP contribution in [0, 0.1) is 6.92 Å². The minimum atomic E-state index is -0.314. The summed E-state index contributed by atoms with van der Waals surface area (Å²) >= 11 is 13.4. The van der Waals surface area contributed by atoms with E-state index in [1.54, 1.807) is 24.3 Å². The van der Waals surface area contributed by atoms with Crippen LogP contribution in [0.5, 0.6) is 0 Å². The molecule has 0 aromatic heterocycles. The van der Waals surface area contributed by atoms with Crippen molar-refractivity contribution in [3.8, 4) is 0 Å². The lowest BCUT2D eigenvalue weighted by Gasteiger charge is -2.13. The van der Waals surface area contributed by atoms with E-state index in [2.05, 4.69) is 17.6 Å². The van der Waals surface area contributed by atoms with E-state index in [0.717, 1.165) is 28.1 Å². The molecular formula is C24H22Cl2N2O2S. The number of amides is 2. The van der Waals surface area contributed by atoms with E-state index < -0.39 is 0 Å². The number of anilines is 2. The molecule has 3 rings (SSSR count). The molecule has 0 radical (unpaired) electrons. The van der Waals surface area contributed by atoms with Gasteiger partial charge in [0.2, 0.25) is 5.91 Å². The standard InChI is InChI=1S/C24H22Cl2N2O2S/c1-3-16-6-4-5-15(2)23(16)28-22(29)14-31-19-10-8-18(9-11-19)27-24(30)20-12-7-17(25)13-21(20)26/h4-13H,3,14H2,1-2H3,(H,27,30)(H,28,29). The maximum atomic E-state index is 12.4. The van der Waals surface area contributed by atoms with Crippen molar-refractivity contribution in [1.82, 2.24) is 0 Å². The van der Waals surface area contributed by atoms with Crippen LogP contribution in [0.1, 0.15) is 28.4 Å². The molecule has 0 bridgehead atoms. The van der Waals surface area contributed by atoms with Gasteiger partial charge in [0.05, 0.1) is 16.3 Å². The summed E-state index contributed by atoms with van der Waals surface area (Å²) in [7, 11) is 0. The molecular weight excluding hydrogens is 451 g/mol. The molecule has 0 spiro atoms. The van der Waals surface area contributed by atoms with E-state index in [1.165, 1.54) is 17.8 Å². The summed E-state index contributed by atoms with van der Waals surface area (Å²) in [5.74, 6) is -0.0704. The summed E-state index contributed by atoms with van der Waals surface area (Å²) in [6.07, 6.45) is 0.860. The van der Waals surface area contributed by atoms with Gasteiger partial charge in [-0.25, -0.2) is 0 Å². The van der Waals surface area contributed by atoms with E-state index in [4.69, 9.17) is 23.2 Å². The Balaban J connectivity index is 1.56. The van der Waals surface area contributed by atoms with Gasteiger partial charge < -0.3 is 10.6 Å². The smallest absolute Gasteiger partial charge is 0.257 e. The largest absolute Gasteiger partial charge is 0.325 e. The van der Waals surface area contributed by atoms with Crippen LogP contribution in [0.2, 0.25) is 10.0 Å². The lowest BCUT2D eigenvalue weighted by molar-refractivity contribution is -0.113. The van der Waals surface area contributed by atoms with E-state index in [1.807, 2.05) is 37.3 Å². The highest BCUT2D eigenvalue weighted by atomic mass is 35.5. The summed E-state index contributed by atoms with van der Waals surface area (Å²) in [5, 5.41) is 6.60. The normalized spacial score (nSPS) is 10.6. The summed E-state index contributed by atoms with van der Waals surface area (Å²) < 4.78 is 0. The van der Waals surface area contributed by atoms with Gasteiger partial charge in [-0.15, -0.1) is 11.8 Å². The van der Waals surface area contributed by atoms with Gasteiger partial charge in [-0.3, -0.25) is 9.59 Å². The van der Waals surface area contributed by atoms with Gasteiger partial charge in [-0.2, -0.15) is 0 Å². The van der Waals surface area contributed by atoms with Gasteiger partial charge in [0.25, 0.3) is 5.91 Å². The number of benzene rings is 3. The Labute approximate surface area is 196 Å². The van der Waals surface area contributed by atoms with Crippen LogP contribution in [-0.2, 0) is 11.2 Å². The van der Waals surface area contributed by atoms with Crippen molar-refractivity contribution in [2.75, 3.05) is 16.4 Å². The second-order valence-electron chi connectivity index (χ2n) is 6.90. The monoisotopic (exact) mass is 472 g/mol. The number of halogens is 2. The molecule has 160 valence electrons. The van der Waals surface area contributed by atoms with Gasteiger partial charge in [-0.05, 0) is 66.9 Å². The first-order valence-corrected chi connectivity index (χ1v) is 11.5. The Morgan fingerprint density at radius 2 is 1.71 bits per heavy atom. The zero-order valence-electron chi connectivity index (χ0n) is 17.2. The van der Waals surface area contributed by atoms with Crippen LogP contribution in [0.15, 0.2) is 65.6 Å². The first-order valence-electron chi connectivity index (χ1n) is 9.75. The minimum Gasteiger partial charge on any atom is -0.325 e. The van der Waals surface area contributed by atoms with Crippen molar-refractivity contribution >= 4 is 58.2 Å². The average molecular weight is 473 g/mol. The molecule has 3 aromatic carbocycles. The number of carbonyl (C=O) groups is 2. The zero-order chi connectivity index (χ0) is 22.4. The number of rotatable bonds is 7. The third-order valence-corrected chi connectivity index (χ3v) is 6.22. The Kier molecular flexibility index (Phi) is 8.02. The van der Waals surface area contributed by atoms with Gasteiger partial charge in [-0.1, -0.05) is 48.3 Å². The van der Waals surface area contributed by atoms with Crippen LogP contribution in [0.3, 0.4) is 0 Å². The van der Waals surface area contributed by atoms with Crippen molar-refractivity contribution in [3.63, 3.8) is 0 Å². The van der Waals surface area contributed by atoms with Gasteiger partial charge >= 0.3 is 0 Å². The Morgan fingerprint density at radius 3 is 2.39 bits per heavy atom.